The molecule has 1 saturated heterocycles. The van der Waals surface area contributed by atoms with Crippen LogP contribution in [-0.2, 0) is 10.0 Å². The second-order valence-corrected chi connectivity index (χ2v) is 11.2. The Hall–Kier alpha value is -2.36. The summed E-state index contributed by atoms with van der Waals surface area (Å²) < 4.78 is 40.6. The third kappa shape index (κ3) is 4.74. The van der Waals surface area contributed by atoms with Crippen LogP contribution in [-0.4, -0.2) is 74.9 Å². The molecule has 0 N–H and O–H groups in total. The number of aromatic nitrogens is 1. The van der Waals surface area contributed by atoms with Crippen LogP contribution >= 0.6 is 0 Å². The van der Waals surface area contributed by atoms with Crippen molar-refractivity contribution in [1.29, 1.82) is 0 Å². The number of nitrogens with zero attached hydrogens (tertiary/aromatic N) is 3. The zero-order valence-electron chi connectivity index (χ0n) is 20.5. The summed E-state index contributed by atoms with van der Waals surface area (Å²) >= 11 is 0. The van der Waals surface area contributed by atoms with Crippen LogP contribution in [0.5, 0.6) is 11.5 Å². The zero-order valence-corrected chi connectivity index (χ0v) is 21.4. The SMILES string of the molecule is COc1ccc(S(=O)(=O)N2CCN(CC(=O)c3cc(C)n(C4CCCC4)c3C)CC2)cc1OC. The number of benzene rings is 1. The van der Waals surface area contributed by atoms with Gasteiger partial charge < -0.3 is 14.0 Å². The molecule has 0 spiro atoms. The minimum atomic E-state index is -3.66. The van der Waals surface area contributed by atoms with Gasteiger partial charge in [0.05, 0.1) is 25.7 Å². The van der Waals surface area contributed by atoms with Gasteiger partial charge in [-0.2, -0.15) is 4.31 Å². The number of carbonyl (C=O) groups is 1. The number of hydrogen-bond donors (Lipinski definition) is 0. The van der Waals surface area contributed by atoms with Crippen molar-refractivity contribution in [2.45, 2.75) is 50.5 Å². The van der Waals surface area contributed by atoms with Crippen molar-refractivity contribution >= 4 is 15.8 Å². The molecule has 2 heterocycles. The van der Waals surface area contributed by atoms with E-state index < -0.39 is 10.0 Å². The van der Waals surface area contributed by atoms with Gasteiger partial charge in [-0.3, -0.25) is 9.69 Å². The van der Waals surface area contributed by atoms with Crippen molar-refractivity contribution in [2.24, 2.45) is 0 Å². The summed E-state index contributed by atoms with van der Waals surface area (Å²) in [6.45, 7) is 6.14. The van der Waals surface area contributed by atoms with Gasteiger partial charge >= 0.3 is 0 Å². The largest absolute Gasteiger partial charge is 0.493 e. The highest BCUT2D eigenvalue weighted by Gasteiger charge is 2.31. The number of Topliss-reactive ketones (excluding diaryl/α,β-unsaturated/α-hetero) is 1. The fraction of sp³-hybridized carbons (Fsp3) is 0.560. The van der Waals surface area contributed by atoms with Crippen LogP contribution in [0, 0.1) is 13.8 Å². The quantitative estimate of drug-likeness (QED) is 0.529. The van der Waals surface area contributed by atoms with Crippen molar-refractivity contribution < 1.29 is 22.7 Å². The Labute approximate surface area is 202 Å². The van der Waals surface area contributed by atoms with Crippen LogP contribution < -0.4 is 9.47 Å². The molecule has 9 heteroatoms. The molecular formula is C25H35N3O5S. The molecule has 1 aliphatic heterocycles. The Morgan fingerprint density at radius 3 is 2.24 bits per heavy atom. The van der Waals surface area contributed by atoms with Crippen LogP contribution in [0.1, 0.15) is 53.5 Å². The molecule has 34 heavy (non-hydrogen) atoms. The van der Waals surface area contributed by atoms with Crippen LogP contribution in [0.4, 0.5) is 0 Å². The van der Waals surface area contributed by atoms with Gasteiger partial charge in [0.1, 0.15) is 0 Å². The van der Waals surface area contributed by atoms with E-state index in [1.807, 2.05) is 17.9 Å². The molecule has 0 atom stereocenters. The standard InChI is InChI=1S/C25H35N3O5S/c1-18-15-22(19(2)28(18)20-7-5-6-8-20)23(29)17-26-11-13-27(14-12-26)34(30,31)21-9-10-24(32-3)25(16-21)33-4/h9-10,15-16,20H,5-8,11-14,17H2,1-4H3. The highest BCUT2D eigenvalue weighted by Crippen LogP contribution is 2.34. The number of carbonyl (C=O) groups excluding carboxylic acids is 1. The van der Waals surface area contributed by atoms with Crippen molar-refractivity contribution in [3.63, 3.8) is 0 Å². The fourth-order valence-corrected chi connectivity index (χ4v) is 6.76. The minimum Gasteiger partial charge on any atom is -0.493 e. The van der Waals surface area contributed by atoms with Gasteiger partial charge in [0.25, 0.3) is 0 Å². The van der Waals surface area contributed by atoms with Gasteiger partial charge in [-0.25, -0.2) is 8.42 Å². The smallest absolute Gasteiger partial charge is 0.243 e. The molecule has 1 saturated carbocycles. The van der Waals surface area contributed by atoms with E-state index in [0.29, 0.717) is 50.3 Å². The Bertz CT molecular complexity index is 1140. The number of sulfonamides is 1. The van der Waals surface area contributed by atoms with Crippen molar-refractivity contribution in [1.82, 2.24) is 13.8 Å². The summed E-state index contributed by atoms with van der Waals surface area (Å²) in [5, 5.41) is 0. The number of aryl methyl sites for hydroxylation is 1. The first-order valence-electron chi connectivity index (χ1n) is 11.9. The summed E-state index contributed by atoms with van der Waals surface area (Å²) in [6.07, 6.45) is 4.87. The Kier molecular flexibility index (Phi) is 7.35. The van der Waals surface area contributed by atoms with Crippen molar-refractivity contribution in [2.75, 3.05) is 46.9 Å². The predicted octanol–water partition coefficient (Wildman–Crippen LogP) is 3.43. The molecule has 1 aromatic heterocycles. The van der Waals surface area contributed by atoms with Crippen molar-refractivity contribution in [3.8, 4) is 11.5 Å². The summed E-state index contributed by atoms with van der Waals surface area (Å²) in [7, 11) is -0.665. The first-order valence-corrected chi connectivity index (χ1v) is 13.4. The van der Waals surface area contributed by atoms with Gasteiger partial charge in [-0.05, 0) is 44.9 Å². The number of ketones is 1. The van der Waals surface area contributed by atoms with Crippen molar-refractivity contribution in [3.05, 3.63) is 41.2 Å². The molecule has 2 fully saturated rings. The predicted molar refractivity (Wildman–Crippen MR) is 130 cm³/mol. The minimum absolute atomic E-state index is 0.105. The number of ether oxygens (including phenoxy) is 2. The maximum absolute atomic E-state index is 13.2. The molecule has 0 radical (unpaired) electrons. The third-order valence-electron chi connectivity index (χ3n) is 7.17. The van der Waals surface area contributed by atoms with Crippen LogP contribution in [0.15, 0.2) is 29.2 Å². The highest BCUT2D eigenvalue weighted by atomic mass is 32.2. The summed E-state index contributed by atoms with van der Waals surface area (Å²) in [5.74, 6) is 0.966. The molecule has 8 nitrogen and oxygen atoms in total. The average molecular weight is 490 g/mol. The molecule has 4 rings (SSSR count). The molecule has 0 unspecified atom stereocenters. The van der Waals surface area contributed by atoms with E-state index in [0.717, 1.165) is 17.0 Å². The Morgan fingerprint density at radius 2 is 1.62 bits per heavy atom. The number of piperazine rings is 1. The van der Waals surface area contributed by atoms with E-state index in [9.17, 15) is 13.2 Å². The topological polar surface area (TPSA) is 81.1 Å². The lowest BCUT2D eigenvalue weighted by Gasteiger charge is -2.33. The summed E-state index contributed by atoms with van der Waals surface area (Å²) in [6, 6.07) is 7.15. The zero-order chi connectivity index (χ0) is 24.5. The summed E-state index contributed by atoms with van der Waals surface area (Å²) in [4.78, 5) is 15.4. The van der Waals surface area contributed by atoms with Gasteiger partial charge in [0.15, 0.2) is 17.3 Å². The van der Waals surface area contributed by atoms with E-state index in [1.54, 1.807) is 6.07 Å². The van der Waals surface area contributed by atoms with E-state index in [-0.39, 0.29) is 10.7 Å². The Balaban J connectivity index is 1.40. The average Bonchev–Trinajstić information content (AvgIpc) is 3.46. The molecule has 1 aromatic carbocycles. The summed E-state index contributed by atoms with van der Waals surface area (Å²) in [5.41, 5.74) is 3.01. The van der Waals surface area contributed by atoms with Crippen LogP contribution in [0.25, 0.3) is 0 Å². The van der Waals surface area contributed by atoms with E-state index in [1.165, 1.54) is 56.3 Å². The van der Waals surface area contributed by atoms with E-state index >= 15 is 0 Å². The lowest BCUT2D eigenvalue weighted by atomic mass is 10.1. The van der Waals surface area contributed by atoms with Gasteiger partial charge in [-0.1, -0.05) is 12.8 Å². The number of hydrogen-bond acceptors (Lipinski definition) is 6. The van der Waals surface area contributed by atoms with Gasteiger partial charge in [0.2, 0.25) is 10.0 Å². The third-order valence-corrected chi connectivity index (χ3v) is 9.06. The lowest BCUT2D eigenvalue weighted by Crippen LogP contribution is -2.49. The second kappa shape index (κ2) is 10.1. The number of rotatable bonds is 8. The normalized spacial score (nSPS) is 18.4. The maximum atomic E-state index is 13.2. The molecular weight excluding hydrogens is 454 g/mol. The molecule has 186 valence electrons. The second-order valence-electron chi connectivity index (χ2n) is 9.21. The molecule has 2 aromatic rings. The molecule has 0 bridgehead atoms. The van der Waals surface area contributed by atoms with Gasteiger partial charge in [-0.15, -0.1) is 0 Å². The van der Waals surface area contributed by atoms with Crippen LogP contribution in [0.2, 0.25) is 0 Å². The fourth-order valence-electron chi connectivity index (χ4n) is 5.33. The number of methoxy groups -OCH3 is 2. The van der Waals surface area contributed by atoms with Gasteiger partial charge in [0, 0.05) is 55.2 Å². The lowest BCUT2D eigenvalue weighted by molar-refractivity contribution is 0.0901. The molecule has 2 aliphatic rings. The first-order chi connectivity index (χ1) is 16.3. The molecule has 1 aliphatic carbocycles. The Morgan fingerprint density at radius 1 is 0.971 bits per heavy atom. The molecule has 0 amide bonds. The highest BCUT2D eigenvalue weighted by molar-refractivity contribution is 7.89. The monoisotopic (exact) mass is 489 g/mol. The van der Waals surface area contributed by atoms with E-state index in [4.69, 9.17) is 9.47 Å². The van der Waals surface area contributed by atoms with Crippen LogP contribution in [0.3, 0.4) is 0 Å². The van der Waals surface area contributed by atoms with E-state index in [2.05, 4.69) is 11.5 Å². The maximum Gasteiger partial charge on any atom is 0.243 e. The first kappa shape index (κ1) is 24.8.